The van der Waals surface area contributed by atoms with Crippen LogP contribution in [0, 0.1) is 12.8 Å². The first kappa shape index (κ1) is 24.3. The highest BCUT2D eigenvalue weighted by atomic mass is 32.2. The van der Waals surface area contributed by atoms with Crippen molar-refractivity contribution < 1.29 is 4.79 Å². The molecule has 0 spiro atoms. The predicted octanol–water partition coefficient (Wildman–Crippen LogP) is 5.60. The summed E-state index contributed by atoms with van der Waals surface area (Å²) < 4.78 is 2.04. The minimum atomic E-state index is -0.255. The molecule has 0 saturated carbocycles. The Morgan fingerprint density at radius 1 is 0.972 bits per heavy atom. The van der Waals surface area contributed by atoms with E-state index in [1.165, 1.54) is 22.9 Å². The van der Waals surface area contributed by atoms with Gasteiger partial charge in [0.05, 0.1) is 5.25 Å². The number of thioether (sulfide) groups is 1. The number of likely N-dealkylation sites (tertiary alicyclic amines) is 1. The Morgan fingerprint density at radius 3 is 2.36 bits per heavy atom. The number of pyridine rings is 1. The Bertz CT molecular complexity index is 1280. The van der Waals surface area contributed by atoms with Gasteiger partial charge in [-0.15, -0.1) is 10.2 Å². The fourth-order valence-electron chi connectivity index (χ4n) is 4.73. The zero-order chi connectivity index (χ0) is 24.9. The smallest absolute Gasteiger partial charge is 0.235 e. The summed E-state index contributed by atoms with van der Waals surface area (Å²) in [6.45, 7) is 5.67. The lowest BCUT2D eigenvalue weighted by atomic mass is 9.90. The van der Waals surface area contributed by atoms with Crippen molar-refractivity contribution in [3.8, 4) is 17.1 Å². The molecule has 2 aromatic carbocycles. The first-order valence-electron chi connectivity index (χ1n) is 12.5. The summed E-state index contributed by atoms with van der Waals surface area (Å²) in [7, 11) is 0. The van der Waals surface area contributed by atoms with Gasteiger partial charge in [-0.3, -0.25) is 14.3 Å². The summed E-state index contributed by atoms with van der Waals surface area (Å²) in [6.07, 6.45) is 6.69. The summed E-state index contributed by atoms with van der Waals surface area (Å²) in [5.41, 5.74) is 4.48. The van der Waals surface area contributed by atoms with Crippen molar-refractivity contribution in [1.82, 2.24) is 24.6 Å². The summed E-state index contributed by atoms with van der Waals surface area (Å²) in [4.78, 5) is 19.5. The lowest BCUT2D eigenvalue weighted by molar-refractivity contribution is -0.131. The van der Waals surface area contributed by atoms with Crippen LogP contribution < -0.4 is 0 Å². The highest BCUT2D eigenvalue weighted by Crippen LogP contribution is 2.31. The van der Waals surface area contributed by atoms with Gasteiger partial charge < -0.3 is 4.90 Å². The number of hydrogen-bond acceptors (Lipinski definition) is 5. The Labute approximate surface area is 216 Å². The number of carbonyl (C=O) groups is 1. The summed E-state index contributed by atoms with van der Waals surface area (Å²) >= 11 is 1.47. The molecule has 0 bridgehead atoms. The van der Waals surface area contributed by atoms with Gasteiger partial charge in [0.1, 0.15) is 0 Å². The van der Waals surface area contributed by atoms with E-state index in [1.807, 2.05) is 28.5 Å². The second kappa shape index (κ2) is 11.1. The number of aryl methyl sites for hydroxylation is 1. The highest BCUT2D eigenvalue weighted by molar-refractivity contribution is 8.00. The van der Waals surface area contributed by atoms with Gasteiger partial charge in [0.2, 0.25) is 5.91 Å². The number of amides is 1. The van der Waals surface area contributed by atoms with Crippen molar-refractivity contribution in [3.05, 3.63) is 90.3 Å². The largest absolute Gasteiger partial charge is 0.342 e. The number of piperidine rings is 1. The normalized spacial score (nSPS) is 15.1. The third kappa shape index (κ3) is 5.51. The molecule has 3 heterocycles. The first-order valence-corrected chi connectivity index (χ1v) is 13.4. The second-order valence-electron chi connectivity index (χ2n) is 9.43. The van der Waals surface area contributed by atoms with Crippen LogP contribution in [0.3, 0.4) is 0 Å². The molecule has 5 rings (SSSR count). The molecule has 0 radical (unpaired) electrons. The first-order chi connectivity index (χ1) is 17.6. The van der Waals surface area contributed by atoms with E-state index < -0.39 is 0 Å². The minimum Gasteiger partial charge on any atom is -0.342 e. The van der Waals surface area contributed by atoms with Crippen LogP contribution in [0.15, 0.2) is 84.3 Å². The zero-order valence-corrected chi connectivity index (χ0v) is 21.6. The van der Waals surface area contributed by atoms with E-state index in [2.05, 4.69) is 76.7 Å². The molecule has 6 nitrogen and oxygen atoms in total. The molecule has 1 fully saturated rings. The van der Waals surface area contributed by atoms with Crippen molar-refractivity contribution in [2.75, 3.05) is 13.1 Å². The van der Waals surface area contributed by atoms with Gasteiger partial charge in [-0.05, 0) is 68.9 Å². The summed E-state index contributed by atoms with van der Waals surface area (Å²) in [5.74, 6) is 1.54. The van der Waals surface area contributed by atoms with E-state index in [0.717, 1.165) is 49.4 Å². The molecule has 1 aliphatic rings. The summed E-state index contributed by atoms with van der Waals surface area (Å²) in [6, 6.07) is 22.8. The molecular formula is C29H31N5OS. The second-order valence-corrected chi connectivity index (χ2v) is 10.7. The Morgan fingerprint density at radius 2 is 1.67 bits per heavy atom. The fourth-order valence-corrected chi connectivity index (χ4v) is 5.68. The number of benzene rings is 2. The minimum absolute atomic E-state index is 0.169. The van der Waals surface area contributed by atoms with Gasteiger partial charge in [0, 0.05) is 36.7 Å². The molecule has 0 unspecified atom stereocenters. The van der Waals surface area contributed by atoms with E-state index in [1.54, 1.807) is 12.4 Å². The number of rotatable bonds is 7. The maximum atomic E-state index is 13.4. The quantitative estimate of drug-likeness (QED) is 0.311. The van der Waals surface area contributed by atoms with Crippen molar-refractivity contribution >= 4 is 17.7 Å². The molecule has 7 heteroatoms. The van der Waals surface area contributed by atoms with Gasteiger partial charge in [-0.2, -0.15) is 0 Å². The highest BCUT2D eigenvalue weighted by Gasteiger charge is 2.28. The third-order valence-electron chi connectivity index (χ3n) is 6.79. The lowest BCUT2D eigenvalue weighted by Crippen LogP contribution is -2.42. The van der Waals surface area contributed by atoms with Crippen LogP contribution in [-0.4, -0.2) is 48.9 Å². The molecule has 1 aliphatic heterocycles. The molecule has 184 valence electrons. The van der Waals surface area contributed by atoms with Crippen LogP contribution >= 0.6 is 11.8 Å². The number of aromatic nitrogens is 4. The molecule has 1 atom stereocenters. The third-order valence-corrected chi connectivity index (χ3v) is 7.82. The van der Waals surface area contributed by atoms with Crippen LogP contribution in [0.2, 0.25) is 0 Å². The predicted molar refractivity (Wildman–Crippen MR) is 144 cm³/mol. The van der Waals surface area contributed by atoms with E-state index in [0.29, 0.717) is 11.1 Å². The maximum Gasteiger partial charge on any atom is 0.235 e. The molecule has 1 saturated heterocycles. The van der Waals surface area contributed by atoms with Gasteiger partial charge >= 0.3 is 0 Å². The number of hydrogen-bond donors (Lipinski definition) is 0. The molecular weight excluding hydrogens is 466 g/mol. The average molecular weight is 498 g/mol. The number of nitrogens with zero attached hydrogens (tertiary/aromatic N) is 5. The van der Waals surface area contributed by atoms with Crippen LogP contribution in [0.5, 0.6) is 0 Å². The molecule has 2 aromatic heterocycles. The van der Waals surface area contributed by atoms with Crippen molar-refractivity contribution in [2.45, 2.75) is 43.5 Å². The molecule has 0 aliphatic carbocycles. The SMILES string of the molecule is Cc1ccc(-n2c(S[C@H](C)C(=O)N3CCC(Cc4ccccc4)CC3)nnc2-c2ccncc2)cc1. The average Bonchev–Trinajstić information content (AvgIpc) is 3.33. The van der Waals surface area contributed by atoms with E-state index in [9.17, 15) is 4.79 Å². The van der Waals surface area contributed by atoms with Crippen LogP contribution in [0.25, 0.3) is 17.1 Å². The topological polar surface area (TPSA) is 63.9 Å². The Kier molecular flexibility index (Phi) is 7.47. The number of carbonyl (C=O) groups excluding carboxylic acids is 1. The van der Waals surface area contributed by atoms with Gasteiger partial charge in [-0.1, -0.05) is 59.8 Å². The van der Waals surface area contributed by atoms with E-state index >= 15 is 0 Å². The molecule has 1 amide bonds. The van der Waals surface area contributed by atoms with E-state index in [-0.39, 0.29) is 11.2 Å². The van der Waals surface area contributed by atoms with E-state index in [4.69, 9.17) is 0 Å². The van der Waals surface area contributed by atoms with Crippen molar-refractivity contribution in [3.63, 3.8) is 0 Å². The monoisotopic (exact) mass is 497 g/mol. The summed E-state index contributed by atoms with van der Waals surface area (Å²) in [5, 5.41) is 9.46. The van der Waals surface area contributed by atoms with Gasteiger partial charge in [0.25, 0.3) is 0 Å². The van der Waals surface area contributed by atoms with Crippen molar-refractivity contribution in [1.29, 1.82) is 0 Å². The van der Waals surface area contributed by atoms with Gasteiger partial charge in [0.15, 0.2) is 11.0 Å². The molecule has 4 aromatic rings. The van der Waals surface area contributed by atoms with Crippen LogP contribution in [0.4, 0.5) is 0 Å². The molecule has 36 heavy (non-hydrogen) atoms. The van der Waals surface area contributed by atoms with Crippen LogP contribution in [-0.2, 0) is 11.2 Å². The Balaban J connectivity index is 1.29. The zero-order valence-electron chi connectivity index (χ0n) is 20.7. The standard InChI is InChI=1S/C29H31N5OS/c1-21-8-10-26(11-9-21)34-27(25-12-16-30-17-13-25)31-32-29(34)36-22(2)28(35)33-18-14-24(15-19-33)20-23-6-4-3-5-7-23/h3-13,16-17,22,24H,14-15,18-20H2,1-2H3/t22-/m1/s1. The van der Waals surface area contributed by atoms with Crippen molar-refractivity contribution in [2.24, 2.45) is 5.92 Å². The van der Waals surface area contributed by atoms with Gasteiger partial charge in [-0.25, -0.2) is 0 Å². The molecule has 0 N–H and O–H groups in total. The fraction of sp³-hybridized carbons (Fsp3) is 0.310. The van der Waals surface area contributed by atoms with Crippen LogP contribution in [0.1, 0.15) is 30.9 Å². The lowest BCUT2D eigenvalue weighted by Gasteiger charge is -2.33. The Hall–Kier alpha value is -3.45. The maximum absolute atomic E-state index is 13.4.